The van der Waals surface area contributed by atoms with E-state index < -0.39 is 0 Å². The first kappa shape index (κ1) is 15.4. The zero-order valence-electron chi connectivity index (χ0n) is 13.2. The molecule has 0 aliphatic carbocycles. The Hall–Kier alpha value is -1.02. The van der Waals surface area contributed by atoms with Gasteiger partial charge in [-0.05, 0) is 37.4 Å². The van der Waals surface area contributed by atoms with Crippen molar-refractivity contribution in [3.8, 4) is 0 Å². The average molecular weight is 274 g/mol. The topological polar surface area (TPSA) is 15.3 Å². The largest absolute Gasteiger partial charge is 0.371 e. The zero-order chi connectivity index (χ0) is 14.2. The van der Waals surface area contributed by atoms with Crippen molar-refractivity contribution in [1.29, 1.82) is 0 Å². The second-order valence-electron chi connectivity index (χ2n) is 5.83. The van der Waals surface area contributed by atoms with E-state index in [9.17, 15) is 0 Å². The minimum atomic E-state index is 0.488. The summed E-state index contributed by atoms with van der Waals surface area (Å²) in [5.41, 5.74) is 2.94. The van der Waals surface area contributed by atoms with Crippen LogP contribution in [-0.4, -0.2) is 19.6 Å². The van der Waals surface area contributed by atoms with Crippen molar-refractivity contribution in [2.75, 3.05) is 24.5 Å². The summed E-state index contributed by atoms with van der Waals surface area (Å²) in [6.07, 6.45) is 8.04. The fraction of sp³-hybridized carbons (Fsp3) is 0.667. The highest BCUT2D eigenvalue weighted by Gasteiger charge is 2.17. The lowest BCUT2D eigenvalue weighted by molar-refractivity contribution is 0.527. The highest BCUT2D eigenvalue weighted by atomic mass is 15.1. The van der Waals surface area contributed by atoms with Crippen LogP contribution in [0.15, 0.2) is 24.3 Å². The van der Waals surface area contributed by atoms with Crippen LogP contribution in [0.2, 0.25) is 0 Å². The standard InChI is InChI=1S/C18H30N2/c1-3-17(19-4-2)16-12-8-9-13-18(16)20-14-10-6-5-7-11-15-20/h8-9,12-13,17,19H,3-7,10-11,14-15H2,1-2H3. The number of anilines is 1. The van der Waals surface area contributed by atoms with Gasteiger partial charge in [0.2, 0.25) is 0 Å². The molecule has 0 saturated carbocycles. The van der Waals surface area contributed by atoms with Crippen LogP contribution in [0.4, 0.5) is 5.69 Å². The van der Waals surface area contributed by atoms with Gasteiger partial charge < -0.3 is 10.2 Å². The molecule has 1 atom stereocenters. The van der Waals surface area contributed by atoms with Gasteiger partial charge >= 0.3 is 0 Å². The molecule has 2 rings (SSSR count). The van der Waals surface area contributed by atoms with Crippen molar-refractivity contribution >= 4 is 5.69 Å². The van der Waals surface area contributed by atoms with Crippen molar-refractivity contribution in [3.05, 3.63) is 29.8 Å². The van der Waals surface area contributed by atoms with E-state index in [4.69, 9.17) is 0 Å². The summed E-state index contributed by atoms with van der Waals surface area (Å²) in [5.74, 6) is 0. The lowest BCUT2D eigenvalue weighted by Crippen LogP contribution is -2.30. The van der Waals surface area contributed by atoms with Gasteiger partial charge in [-0.2, -0.15) is 0 Å². The molecular weight excluding hydrogens is 244 g/mol. The Bertz CT molecular complexity index is 381. The summed E-state index contributed by atoms with van der Waals surface area (Å²) in [7, 11) is 0. The fourth-order valence-corrected chi connectivity index (χ4v) is 3.28. The number of nitrogens with one attached hydrogen (secondary N) is 1. The molecule has 0 bridgehead atoms. The predicted octanol–water partition coefficient (Wildman–Crippen LogP) is 4.52. The van der Waals surface area contributed by atoms with Crippen molar-refractivity contribution < 1.29 is 0 Å². The number of benzene rings is 1. The summed E-state index contributed by atoms with van der Waals surface area (Å²) in [5, 5.41) is 3.63. The fourth-order valence-electron chi connectivity index (χ4n) is 3.28. The Morgan fingerprint density at radius 1 is 1.00 bits per heavy atom. The normalized spacial score (nSPS) is 18.4. The third kappa shape index (κ3) is 3.99. The van der Waals surface area contributed by atoms with Gasteiger partial charge in [-0.1, -0.05) is 51.3 Å². The van der Waals surface area contributed by atoms with Gasteiger partial charge in [0.1, 0.15) is 0 Å². The van der Waals surface area contributed by atoms with Crippen LogP contribution in [0.25, 0.3) is 0 Å². The number of hydrogen-bond acceptors (Lipinski definition) is 2. The van der Waals surface area contributed by atoms with E-state index in [1.54, 1.807) is 0 Å². The quantitative estimate of drug-likeness (QED) is 0.849. The van der Waals surface area contributed by atoms with E-state index >= 15 is 0 Å². The molecule has 1 aromatic rings. The maximum atomic E-state index is 3.63. The number of hydrogen-bond donors (Lipinski definition) is 1. The monoisotopic (exact) mass is 274 g/mol. The molecule has 2 heteroatoms. The molecule has 1 aromatic carbocycles. The lowest BCUT2D eigenvalue weighted by atomic mass is 10.00. The average Bonchev–Trinajstić information content (AvgIpc) is 2.45. The van der Waals surface area contributed by atoms with Crippen LogP contribution in [0.3, 0.4) is 0 Å². The van der Waals surface area contributed by atoms with E-state index in [0.717, 1.165) is 13.0 Å². The predicted molar refractivity (Wildman–Crippen MR) is 88.4 cm³/mol. The molecule has 1 aliphatic heterocycles. The Kier molecular flexibility index (Phi) is 6.38. The zero-order valence-corrected chi connectivity index (χ0v) is 13.2. The third-order valence-corrected chi connectivity index (χ3v) is 4.37. The molecular formula is C18H30N2. The van der Waals surface area contributed by atoms with Crippen LogP contribution in [0.5, 0.6) is 0 Å². The molecule has 0 amide bonds. The van der Waals surface area contributed by atoms with Crippen molar-refractivity contribution in [3.63, 3.8) is 0 Å². The van der Waals surface area contributed by atoms with Crippen LogP contribution in [-0.2, 0) is 0 Å². The van der Waals surface area contributed by atoms with Crippen molar-refractivity contribution in [2.24, 2.45) is 0 Å². The molecule has 1 N–H and O–H groups in total. The van der Waals surface area contributed by atoms with Crippen LogP contribution in [0, 0.1) is 0 Å². The molecule has 1 fully saturated rings. The van der Waals surface area contributed by atoms with Gasteiger partial charge in [-0.25, -0.2) is 0 Å². The van der Waals surface area contributed by atoms with Gasteiger partial charge in [-0.15, -0.1) is 0 Å². The molecule has 0 aromatic heterocycles. The van der Waals surface area contributed by atoms with Crippen molar-refractivity contribution in [1.82, 2.24) is 5.32 Å². The smallest absolute Gasteiger partial charge is 0.0414 e. The van der Waals surface area contributed by atoms with Gasteiger partial charge in [-0.3, -0.25) is 0 Å². The summed E-state index contributed by atoms with van der Waals surface area (Å²) in [6, 6.07) is 9.49. The highest BCUT2D eigenvalue weighted by Crippen LogP contribution is 2.29. The number of nitrogens with zero attached hydrogens (tertiary/aromatic N) is 1. The second-order valence-corrected chi connectivity index (χ2v) is 5.83. The minimum Gasteiger partial charge on any atom is -0.371 e. The number of rotatable bonds is 5. The Labute approximate surface area is 124 Å². The number of para-hydroxylation sites is 1. The van der Waals surface area contributed by atoms with E-state index in [0.29, 0.717) is 6.04 Å². The Morgan fingerprint density at radius 3 is 2.30 bits per heavy atom. The summed E-state index contributed by atoms with van der Waals surface area (Å²) in [6.45, 7) is 7.95. The highest BCUT2D eigenvalue weighted by molar-refractivity contribution is 5.55. The van der Waals surface area contributed by atoms with Gasteiger partial charge in [0.25, 0.3) is 0 Å². The summed E-state index contributed by atoms with van der Waals surface area (Å²) < 4.78 is 0. The lowest BCUT2D eigenvalue weighted by Gasteiger charge is -2.31. The van der Waals surface area contributed by atoms with Crippen molar-refractivity contribution in [2.45, 2.75) is 58.4 Å². The van der Waals surface area contributed by atoms with E-state index in [1.165, 1.54) is 56.4 Å². The first-order valence-electron chi connectivity index (χ1n) is 8.44. The maximum Gasteiger partial charge on any atom is 0.0414 e. The molecule has 0 radical (unpaired) electrons. The van der Waals surface area contributed by atoms with Crippen LogP contribution in [0.1, 0.15) is 64.0 Å². The maximum absolute atomic E-state index is 3.63. The molecule has 112 valence electrons. The first-order chi connectivity index (χ1) is 9.86. The molecule has 0 spiro atoms. The van der Waals surface area contributed by atoms with E-state index in [1.807, 2.05) is 0 Å². The molecule has 1 unspecified atom stereocenters. The van der Waals surface area contributed by atoms with E-state index in [2.05, 4.69) is 48.3 Å². The van der Waals surface area contributed by atoms with Gasteiger partial charge in [0.05, 0.1) is 0 Å². The van der Waals surface area contributed by atoms with Gasteiger partial charge in [0.15, 0.2) is 0 Å². The SMILES string of the molecule is CCNC(CC)c1ccccc1N1CCCCCCC1. The molecule has 1 heterocycles. The van der Waals surface area contributed by atoms with Gasteiger partial charge in [0, 0.05) is 24.8 Å². The Morgan fingerprint density at radius 2 is 1.65 bits per heavy atom. The Balaban J connectivity index is 2.20. The first-order valence-corrected chi connectivity index (χ1v) is 8.44. The summed E-state index contributed by atoms with van der Waals surface area (Å²) in [4.78, 5) is 2.62. The van der Waals surface area contributed by atoms with Crippen LogP contribution >= 0.6 is 0 Å². The molecule has 2 nitrogen and oxygen atoms in total. The summed E-state index contributed by atoms with van der Waals surface area (Å²) >= 11 is 0. The molecule has 1 aliphatic rings. The second kappa shape index (κ2) is 8.31. The van der Waals surface area contributed by atoms with E-state index in [-0.39, 0.29) is 0 Å². The third-order valence-electron chi connectivity index (χ3n) is 4.37. The molecule has 1 saturated heterocycles. The van der Waals surface area contributed by atoms with Crippen LogP contribution < -0.4 is 10.2 Å². The minimum absolute atomic E-state index is 0.488. The molecule has 20 heavy (non-hydrogen) atoms.